The zero-order valence-corrected chi connectivity index (χ0v) is 7.36. The van der Waals surface area contributed by atoms with E-state index in [0.29, 0.717) is 5.70 Å². The molecular formula is C9H17N. The molecule has 0 rings (SSSR count). The van der Waals surface area contributed by atoms with Crippen LogP contribution in [0.4, 0.5) is 0 Å². The Morgan fingerprint density at radius 2 is 1.80 bits per heavy atom. The van der Waals surface area contributed by atoms with Crippen LogP contribution in [0.1, 0.15) is 27.7 Å². The summed E-state index contributed by atoms with van der Waals surface area (Å²) in [6.45, 7) is 12.1. The molecule has 0 heterocycles. The van der Waals surface area contributed by atoms with E-state index < -0.39 is 0 Å². The zero-order chi connectivity index (χ0) is 8.36. The Labute approximate surface area is 63.6 Å². The molecule has 0 aliphatic carbocycles. The summed E-state index contributed by atoms with van der Waals surface area (Å²) in [5.41, 5.74) is 7.50. The number of allylic oxidation sites excluding steroid dienone is 2. The van der Waals surface area contributed by atoms with E-state index in [-0.39, 0.29) is 5.41 Å². The van der Waals surface area contributed by atoms with E-state index in [1.165, 1.54) is 0 Å². The van der Waals surface area contributed by atoms with Crippen molar-refractivity contribution in [2.45, 2.75) is 27.7 Å². The lowest BCUT2D eigenvalue weighted by molar-refractivity contribution is 0.509. The smallest absolute Gasteiger partial charge is 0.0275 e. The first-order valence-electron chi connectivity index (χ1n) is 3.51. The van der Waals surface area contributed by atoms with Crippen LogP contribution in [0.3, 0.4) is 0 Å². The maximum absolute atomic E-state index is 5.57. The molecular weight excluding hydrogens is 122 g/mol. The highest BCUT2D eigenvalue weighted by Crippen LogP contribution is 2.27. The number of hydrogen-bond acceptors (Lipinski definition) is 1. The normalized spacial score (nSPS) is 13.4. The number of rotatable bonds is 1. The lowest BCUT2D eigenvalue weighted by Crippen LogP contribution is -2.14. The number of nitrogens with two attached hydrogens (primary N) is 1. The van der Waals surface area contributed by atoms with Crippen molar-refractivity contribution in [1.29, 1.82) is 0 Å². The molecule has 0 saturated carbocycles. The van der Waals surface area contributed by atoms with Gasteiger partial charge in [-0.25, -0.2) is 0 Å². The molecule has 0 spiro atoms. The predicted octanol–water partition coefficient (Wildman–Crippen LogP) is 2.45. The Morgan fingerprint density at radius 3 is 1.80 bits per heavy atom. The van der Waals surface area contributed by atoms with Gasteiger partial charge in [0.15, 0.2) is 0 Å². The van der Waals surface area contributed by atoms with Crippen LogP contribution < -0.4 is 5.73 Å². The highest BCUT2D eigenvalue weighted by atomic mass is 14.6. The van der Waals surface area contributed by atoms with Crippen molar-refractivity contribution >= 4 is 0 Å². The van der Waals surface area contributed by atoms with Gasteiger partial charge in [0.25, 0.3) is 0 Å². The Bertz CT molecular complexity index is 158. The minimum absolute atomic E-state index is 0.126. The molecule has 0 aromatic heterocycles. The minimum atomic E-state index is 0.126. The van der Waals surface area contributed by atoms with Gasteiger partial charge in [-0.05, 0) is 17.9 Å². The van der Waals surface area contributed by atoms with Gasteiger partial charge < -0.3 is 5.73 Å². The fraction of sp³-hybridized carbons (Fsp3) is 0.556. The van der Waals surface area contributed by atoms with E-state index in [1.54, 1.807) is 0 Å². The van der Waals surface area contributed by atoms with Gasteiger partial charge >= 0.3 is 0 Å². The second kappa shape index (κ2) is 2.91. The summed E-state index contributed by atoms with van der Waals surface area (Å²) in [6.07, 6.45) is 2.02. The van der Waals surface area contributed by atoms with E-state index in [1.807, 2.05) is 13.0 Å². The summed E-state index contributed by atoms with van der Waals surface area (Å²) in [6, 6.07) is 0. The van der Waals surface area contributed by atoms with E-state index in [2.05, 4.69) is 27.4 Å². The van der Waals surface area contributed by atoms with E-state index in [4.69, 9.17) is 5.73 Å². The average molecular weight is 139 g/mol. The van der Waals surface area contributed by atoms with E-state index in [9.17, 15) is 0 Å². The highest BCUT2D eigenvalue weighted by molar-refractivity contribution is 5.29. The van der Waals surface area contributed by atoms with Gasteiger partial charge in [-0.15, -0.1) is 0 Å². The molecule has 0 fully saturated rings. The molecule has 0 saturated heterocycles. The van der Waals surface area contributed by atoms with Gasteiger partial charge in [0, 0.05) is 5.70 Å². The van der Waals surface area contributed by atoms with Gasteiger partial charge in [0.05, 0.1) is 0 Å². The van der Waals surface area contributed by atoms with Gasteiger partial charge in [-0.2, -0.15) is 0 Å². The van der Waals surface area contributed by atoms with Crippen molar-refractivity contribution in [1.82, 2.24) is 0 Å². The van der Waals surface area contributed by atoms with Crippen molar-refractivity contribution in [3.05, 3.63) is 23.9 Å². The van der Waals surface area contributed by atoms with Gasteiger partial charge in [-0.3, -0.25) is 0 Å². The minimum Gasteiger partial charge on any atom is -0.399 e. The predicted molar refractivity (Wildman–Crippen MR) is 46.5 cm³/mol. The molecule has 0 radical (unpaired) electrons. The summed E-state index contributed by atoms with van der Waals surface area (Å²) in [7, 11) is 0. The van der Waals surface area contributed by atoms with Crippen molar-refractivity contribution in [2.75, 3.05) is 0 Å². The third-order valence-electron chi connectivity index (χ3n) is 1.44. The Balaban J connectivity index is 4.56. The number of hydrogen-bond donors (Lipinski definition) is 1. The zero-order valence-electron chi connectivity index (χ0n) is 7.36. The van der Waals surface area contributed by atoms with Crippen LogP contribution in [-0.4, -0.2) is 0 Å². The Hall–Kier alpha value is -0.720. The Morgan fingerprint density at radius 1 is 1.40 bits per heavy atom. The first kappa shape index (κ1) is 9.28. The van der Waals surface area contributed by atoms with Gasteiger partial charge in [0.1, 0.15) is 0 Å². The maximum Gasteiger partial charge on any atom is 0.0275 e. The third-order valence-corrected chi connectivity index (χ3v) is 1.44. The summed E-state index contributed by atoms with van der Waals surface area (Å²) in [5.74, 6) is 0. The quantitative estimate of drug-likeness (QED) is 0.555. The van der Waals surface area contributed by atoms with Crippen LogP contribution in [0.25, 0.3) is 0 Å². The largest absolute Gasteiger partial charge is 0.399 e. The van der Waals surface area contributed by atoms with E-state index in [0.717, 1.165) is 5.57 Å². The second-order valence-corrected chi connectivity index (χ2v) is 3.48. The topological polar surface area (TPSA) is 26.0 Å². The molecule has 0 unspecified atom stereocenters. The van der Waals surface area contributed by atoms with Crippen LogP contribution in [0.15, 0.2) is 23.9 Å². The summed E-state index contributed by atoms with van der Waals surface area (Å²) in [4.78, 5) is 0. The summed E-state index contributed by atoms with van der Waals surface area (Å²) >= 11 is 0. The van der Waals surface area contributed by atoms with Crippen LogP contribution in [0.2, 0.25) is 0 Å². The lowest BCUT2D eigenvalue weighted by atomic mass is 9.85. The molecule has 0 bridgehead atoms. The molecule has 1 heteroatoms. The fourth-order valence-corrected chi connectivity index (χ4v) is 1.10. The standard InChI is InChI=1S/C9H17N/c1-6-8(7(2)10)9(3,4)5/h6H,2,10H2,1,3-5H3/b8-6+. The average Bonchev–Trinajstić information content (AvgIpc) is 1.60. The molecule has 1 nitrogen and oxygen atoms in total. The molecule has 10 heavy (non-hydrogen) atoms. The van der Waals surface area contributed by atoms with Crippen molar-refractivity contribution in [2.24, 2.45) is 11.1 Å². The SMILES string of the molecule is C=C(N)/C(=C\C)C(C)(C)C. The second-order valence-electron chi connectivity index (χ2n) is 3.48. The summed E-state index contributed by atoms with van der Waals surface area (Å²) in [5, 5.41) is 0. The molecule has 0 aromatic rings. The molecule has 2 N–H and O–H groups in total. The van der Waals surface area contributed by atoms with Crippen LogP contribution >= 0.6 is 0 Å². The molecule has 58 valence electrons. The monoisotopic (exact) mass is 139 g/mol. The van der Waals surface area contributed by atoms with Crippen LogP contribution in [0, 0.1) is 5.41 Å². The molecule has 0 aromatic carbocycles. The Kier molecular flexibility index (Phi) is 2.70. The first-order valence-corrected chi connectivity index (χ1v) is 3.51. The molecule has 0 atom stereocenters. The van der Waals surface area contributed by atoms with Crippen LogP contribution in [0.5, 0.6) is 0 Å². The highest BCUT2D eigenvalue weighted by Gasteiger charge is 2.16. The lowest BCUT2D eigenvalue weighted by Gasteiger charge is -2.22. The van der Waals surface area contributed by atoms with Crippen molar-refractivity contribution < 1.29 is 0 Å². The summed E-state index contributed by atoms with van der Waals surface area (Å²) < 4.78 is 0. The fourth-order valence-electron chi connectivity index (χ4n) is 1.10. The van der Waals surface area contributed by atoms with Crippen molar-refractivity contribution in [3.63, 3.8) is 0 Å². The van der Waals surface area contributed by atoms with Crippen molar-refractivity contribution in [3.8, 4) is 0 Å². The maximum atomic E-state index is 5.57. The molecule has 0 aliphatic rings. The first-order chi connectivity index (χ1) is 4.39. The van der Waals surface area contributed by atoms with E-state index >= 15 is 0 Å². The molecule has 0 amide bonds. The van der Waals surface area contributed by atoms with Gasteiger partial charge in [-0.1, -0.05) is 33.4 Å². The molecule has 0 aliphatic heterocycles. The van der Waals surface area contributed by atoms with Gasteiger partial charge in [0.2, 0.25) is 0 Å². The third kappa shape index (κ3) is 2.26. The van der Waals surface area contributed by atoms with Crippen LogP contribution in [-0.2, 0) is 0 Å².